The summed E-state index contributed by atoms with van der Waals surface area (Å²) in [6, 6.07) is 26.2. The average Bonchev–Trinajstić information content (AvgIpc) is 3.87. The highest BCUT2D eigenvalue weighted by atomic mass is 16.7. The van der Waals surface area contributed by atoms with Crippen molar-refractivity contribution in [1.82, 2.24) is 14.4 Å². The van der Waals surface area contributed by atoms with Gasteiger partial charge in [-0.3, -0.25) is 25.2 Å². The molecule has 0 aliphatic carbocycles. The summed E-state index contributed by atoms with van der Waals surface area (Å²) in [5.41, 5.74) is 11.0. The highest BCUT2D eigenvalue weighted by molar-refractivity contribution is 6.09. The second kappa shape index (κ2) is 15.6. The standard InChI is InChI=1S/C45H47N5O7/c1-29-31(9-6-10-39(29)46-54)25-49(33-12-14-35(51)15-13-33)45(53)38-22-41(48-16-5-4-11-40(38)48)36-23-42-43(57-28-56-42)24-37(36)44(52)50-26-32-8-3-2-7-30(32)21-34(50)27-47-17-19-55-20-18-47/h2-3,6-10,12-15,22-24,34,46,51,54H,4-5,11,16-21,25-28H2,1H3/t34-/m0/s1. The predicted molar refractivity (Wildman–Crippen MR) is 215 cm³/mol. The Balaban J connectivity index is 1.14. The molecule has 1 aromatic heterocycles. The van der Waals surface area contributed by atoms with Crippen LogP contribution in [-0.2, 0) is 37.2 Å². The lowest BCUT2D eigenvalue weighted by Crippen LogP contribution is -2.52. The maximum atomic E-state index is 15.2. The molecule has 9 rings (SSSR count). The lowest BCUT2D eigenvalue weighted by Gasteiger charge is -2.40. The van der Waals surface area contributed by atoms with Gasteiger partial charge in [0, 0.05) is 61.4 Å². The summed E-state index contributed by atoms with van der Waals surface area (Å²) in [6.07, 6.45) is 3.31. The molecular formula is C45H47N5O7. The molecule has 1 fully saturated rings. The molecule has 4 aliphatic rings. The van der Waals surface area contributed by atoms with Gasteiger partial charge in [-0.1, -0.05) is 36.4 Å². The van der Waals surface area contributed by atoms with Gasteiger partial charge in [0.25, 0.3) is 11.8 Å². The van der Waals surface area contributed by atoms with Crippen LogP contribution in [0, 0.1) is 6.92 Å². The molecule has 0 radical (unpaired) electrons. The first-order chi connectivity index (χ1) is 27.9. The van der Waals surface area contributed by atoms with Crippen LogP contribution in [0.1, 0.15) is 61.5 Å². The van der Waals surface area contributed by atoms with Gasteiger partial charge >= 0.3 is 0 Å². The second-order valence-corrected chi connectivity index (χ2v) is 15.3. The fourth-order valence-electron chi connectivity index (χ4n) is 8.84. The fraction of sp³-hybridized carbons (Fsp3) is 0.333. The topological polar surface area (TPSA) is 129 Å². The van der Waals surface area contributed by atoms with E-state index in [4.69, 9.17) is 14.2 Å². The summed E-state index contributed by atoms with van der Waals surface area (Å²) in [5, 5.41) is 19.9. The van der Waals surface area contributed by atoms with Crippen LogP contribution in [0.4, 0.5) is 11.4 Å². The maximum Gasteiger partial charge on any atom is 0.260 e. The van der Waals surface area contributed by atoms with Crippen LogP contribution in [0.3, 0.4) is 0 Å². The van der Waals surface area contributed by atoms with E-state index in [0.29, 0.717) is 72.3 Å². The summed E-state index contributed by atoms with van der Waals surface area (Å²) in [4.78, 5) is 36.4. The summed E-state index contributed by atoms with van der Waals surface area (Å²) in [6.45, 7) is 7.12. The third-order valence-electron chi connectivity index (χ3n) is 12.0. The van der Waals surface area contributed by atoms with Crippen LogP contribution in [0.15, 0.2) is 84.9 Å². The number of aromatic nitrogens is 1. The normalized spacial score (nSPS) is 17.5. The number of phenols is 1. The third-order valence-corrected chi connectivity index (χ3v) is 12.0. The number of nitrogens with zero attached hydrogens (tertiary/aromatic N) is 4. The largest absolute Gasteiger partial charge is 0.508 e. The van der Waals surface area contributed by atoms with E-state index >= 15 is 9.59 Å². The number of phenolic OH excluding ortho intramolecular Hbond substituents is 1. The molecule has 5 heterocycles. The molecule has 0 bridgehead atoms. The van der Waals surface area contributed by atoms with Crippen LogP contribution >= 0.6 is 0 Å². The van der Waals surface area contributed by atoms with Crippen LogP contribution in [0.25, 0.3) is 11.3 Å². The van der Waals surface area contributed by atoms with Crippen molar-refractivity contribution in [1.29, 1.82) is 0 Å². The molecular weight excluding hydrogens is 723 g/mol. The SMILES string of the molecule is Cc1c(CN(C(=O)c2cc(-c3cc4c(cc3C(=O)N3Cc5ccccc5C[C@H]3CN3CCOCC3)OCO4)n3c2CCCC3)c2ccc(O)cc2)cccc1NO. The van der Waals surface area contributed by atoms with Gasteiger partial charge in [-0.2, -0.15) is 0 Å². The zero-order valence-electron chi connectivity index (χ0n) is 32.1. The van der Waals surface area contributed by atoms with Gasteiger partial charge in [-0.15, -0.1) is 0 Å². The van der Waals surface area contributed by atoms with E-state index in [9.17, 15) is 10.3 Å². The Morgan fingerprint density at radius 2 is 1.65 bits per heavy atom. The molecule has 0 saturated carbocycles. The minimum absolute atomic E-state index is 0.0519. The summed E-state index contributed by atoms with van der Waals surface area (Å²) >= 11 is 0. The van der Waals surface area contributed by atoms with Crippen LogP contribution in [0.5, 0.6) is 17.2 Å². The molecule has 12 heteroatoms. The van der Waals surface area contributed by atoms with Gasteiger partial charge in [-0.05, 0) is 103 Å². The number of carbonyl (C=O) groups excluding carboxylic acids is 2. The molecule has 294 valence electrons. The predicted octanol–water partition coefficient (Wildman–Crippen LogP) is 6.78. The number of rotatable bonds is 9. The summed E-state index contributed by atoms with van der Waals surface area (Å²) in [5.74, 6) is 0.898. The molecule has 0 spiro atoms. The first-order valence-electron chi connectivity index (χ1n) is 19.8. The Hall–Kier alpha value is -5.82. The Bertz CT molecular complexity index is 2320. The van der Waals surface area contributed by atoms with Crippen molar-refractivity contribution < 1.29 is 34.1 Å². The molecule has 3 N–H and O–H groups in total. The number of hydrogen-bond acceptors (Lipinski definition) is 9. The van der Waals surface area contributed by atoms with E-state index in [1.807, 2.05) is 48.2 Å². The first kappa shape index (κ1) is 36.8. The van der Waals surface area contributed by atoms with Crippen molar-refractivity contribution in [2.75, 3.05) is 50.0 Å². The van der Waals surface area contributed by atoms with E-state index in [0.717, 1.165) is 67.0 Å². The number of fused-ring (bicyclic) bond motifs is 3. The smallest absolute Gasteiger partial charge is 0.260 e. The van der Waals surface area contributed by atoms with Gasteiger partial charge in [0.2, 0.25) is 6.79 Å². The number of morpholine rings is 1. The fourth-order valence-corrected chi connectivity index (χ4v) is 8.84. The highest BCUT2D eigenvalue weighted by Gasteiger charge is 2.36. The second-order valence-electron chi connectivity index (χ2n) is 15.3. The molecule has 12 nitrogen and oxygen atoms in total. The van der Waals surface area contributed by atoms with Gasteiger partial charge in [-0.25, -0.2) is 0 Å². The van der Waals surface area contributed by atoms with E-state index in [-0.39, 0.29) is 36.9 Å². The molecule has 1 saturated heterocycles. The minimum atomic E-state index is -0.203. The van der Waals surface area contributed by atoms with Gasteiger partial charge in [0.15, 0.2) is 11.5 Å². The van der Waals surface area contributed by atoms with E-state index in [1.165, 1.54) is 5.56 Å². The average molecular weight is 770 g/mol. The summed E-state index contributed by atoms with van der Waals surface area (Å²) < 4.78 is 19.7. The number of carbonyl (C=O) groups is 2. The molecule has 4 aromatic carbocycles. The highest BCUT2D eigenvalue weighted by Crippen LogP contribution is 2.42. The van der Waals surface area contributed by atoms with Crippen molar-refractivity contribution >= 4 is 23.2 Å². The Morgan fingerprint density at radius 3 is 2.44 bits per heavy atom. The van der Waals surface area contributed by atoms with E-state index in [2.05, 4.69) is 33.1 Å². The first-order valence-corrected chi connectivity index (χ1v) is 19.8. The quantitative estimate of drug-likeness (QED) is 0.139. The molecule has 1 atom stereocenters. The van der Waals surface area contributed by atoms with Gasteiger partial charge < -0.3 is 33.7 Å². The molecule has 0 unspecified atom stereocenters. The zero-order chi connectivity index (χ0) is 39.0. The van der Waals surface area contributed by atoms with Crippen LogP contribution in [-0.4, -0.2) is 82.2 Å². The number of ether oxygens (including phenoxy) is 3. The van der Waals surface area contributed by atoms with Gasteiger partial charge in [0.1, 0.15) is 5.75 Å². The Kier molecular flexibility index (Phi) is 10.1. The summed E-state index contributed by atoms with van der Waals surface area (Å²) in [7, 11) is 0. The lowest BCUT2D eigenvalue weighted by molar-refractivity contribution is 0.0193. The van der Waals surface area contributed by atoms with Crippen molar-refractivity contribution in [2.24, 2.45) is 0 Å². The molecule has 5 aromatic rings. The number of nitrogens with one attached hydrogen (secondary N) is 1. The minimum Gasteiger partial charge on any atom is -0.508 e. The Morgan fingerprint density at radius 1 is 0.877 bits per heavy atom. The number of aromatic hydroxyl groups is 1. The number of anilines is 2. The van der Waals surface area contributed by atoms with Crippen molar-refractivity contribution in [3.63, 3.8) is 0 Å². The van der Waals surface area contributed by atoms with E-state index in [1.54, 1.807) is 35.2 Å². The lowest BCUT2D eigenvalue weighted by atomic mass is 9.92. The number of amides is 2. The molecule has 57 heavy (non-hydrogen) atoms. The third kappa shape index (κ3) is 7.09. The number of hydrogen-bond donors (Lipinski definition) is 3. The van der Waals surface area contributed by atoms with Gasteiger partial charge in [0.05, 0.1) is 36.6 Å². The van der Waals surface area contributed by atoms with Crippen molar-refractivity contribution in [3.8, 4) is 28.5 Å². The van der Waals surface area contributed by atoms with Crippen molar-refractivity contribution in [3.05, 3.63) is 124 Å². The zero-order valence-corrected chi connectivity index (χ0v) is 32.1. The molecule has 2 amide bonds. The van der Waals surface area contributed by atoms with Crippen LogP contribution < -0.4 is 19.9 Å². The monoisotopic (exact) mass is 769 g/mol. The number of benzene rings is 4. The Labute approximate surface area is 331 Å². The van der Waals surface area contributed by atoms with Crippen LogP contribution in [0.2, 0.25) is 0 Å². The maximum absolute atomic E-state index is 15.2. The van der Waals surface area contributed by atoms with Crippen molar-refractivity contribution in [2.45, 2.75) is 58.3 Å². The van der Waals surface area contributed by atoms with E-state index < -0.39 is 0 Å². The molecule has 4 aliphatic heterocycles.